The van der Waals surface area contributed by atoms with Crippen LogP contribution in [0.3, 0.4) is 0 Å². The Morgan fingerprint density at radius 1 is 1.44 bits per heavy atom. The van der Waals surface area contributed by atoms with Gasteiger partial charge in [-0.25, -0.2) is 9.98 Å². The van der Waals surface area contributed by atoms with Crippen molar-refractivity contribution >= 4 is 11.9 Å². The Labute approximate surface area is 93.8 Å². The van der Waals surface area contributed by atoms with E-state index in [1.54, 1.807) is 6.26 Å². The number of nitrogens with one attached hydrogen (secondary N) is 3. The van der Waals surface area contributed by atoms with Crippen LogP contribution in [-0.4, -0.2) is 25.1 Å². The maximum absolute atomic E-state index is 5.21. The maximum atomic E-state index is 5.21. The Balaban J connectivity index is 1.91. The van der Waals surface area contributed by atoms with Gasteiger partial charge in [-0.3, -0.25) is 5.32 Å². The zero-order chi connectivity index (χ0) is 11.4. The molecule has 86 valence electrons. The summed E-state index contributed by atoms with van der Waals surface area (Å²) in [5.74, 6) is 2.28. The molecule has 2 heterocycles. The second kappa shape index (κ2) is 4.69. The summed E-state index contributed by atoms with van der Waals surface area (Å²) in [6, 6.07) is 3.77. The third-order valence-corrected chi connectivity index (χ3v) is 2.12. The quantitative estimate of drug-likeness (QED) is 0.669. The Kier molecular flexibility index (Phi) is 3.09. The molecule has 1 aromatic heterocycles. The Morgan fingerprint density at radius 3 is 2.94 bits per heavy atom. The highest BCUT2D eigenvalue weighted by molar-refractivity contribution is 5.99. The molecule has 0 fully saturated rings. The van der Waals surface area contributed by atoms with E-state index in [-0.39, 0.29) is 6.17 Å². The summed E-state index contributed by atoms with van der Waals surface area (Å²) in [7, 11) is 1.81. The molecule has 0 spiro atoms. The fourth-order valence-corrected chi connectivity index (χ4v) is 1.38. The average molecular weight is 221 g/mol. The van der Waals surface area contributed by atoms with Gasteiger partial charge in [0.05, 0.1) is 12.8 Å². The van der Waals surface area contributed by atoms with E-state index in [1.165, 1.54) is 0 Å². The number of furan rings is 1. The first kappa shape index (κ1) is 10.5. The fourth-order valence-electron chi connectivity index (χ4n) is 1.38. The lowest BCUT2D eigenvalue weighted by molar-refractivity contribution is 0.501. The van der Waals surface area contributed by atoms with Gasteiger partial charge in [0.2, 0.25) is 5.96 Å². The van der Waals surface area contributed by atoms with E-state index in [9.17, 15) is 0 Å². The Hall–Kier alpha value is -1.98. The molecule has 6 nitrogen and oxygen atoms in total. The van der Waals surface area contributed by atoms with Crippen molar-refractivity contribution in [3.63, 3.8) is 0 Å². The zero-order valence-corrected chi connectivity index (χ0v) is 9.32. The fraction of sp³-hybridized carbons (Fsp3) is 0.400. The van der Waals surface area contributed by atoms with Crippen LogP contribution in [-0.2, 0) is 6.54 Å². The summed E-state index contributed by atoms with van der Waals surface area (Å²) < 4.78 is 5.21. The molecule has 3 N–H and O–H groups in total. The first-order valence-electron chi connectivity index (χ1n) is 5.14. The molecule has 0 saturated carbocycles. The highest BCUT2D eigenvalue weighted by Gasteiger charge is 2.11. The standard InChI is InChI=1S/C10H15N5O/c1-7-13-9(11-2)15-10(14-7)12-6-8-4-3-5-16-8/h3-5,7H,6H2,1-2H3,(H3,11,12,13,14,15). The van der Waals surface area contributed by atoms with Crippen molar-refractivity contribution in [1.29, 1.82) is 0 Å². The topological polar surface area (TPSA) is 74.0 Å². The molecular weight excluding hydrogens is 206 g/mol. The van der Waals surface area contributed by atoms with Gasteiger partial charge in [0.15, 0.2) is 5.96 Å². The molecule has 16 heavy (non-hydrogen) atoms. The molecule has 6 heteroatoms. The first-order chi connectivity index (χ1) is 7.78. The molecule has 1 aromatic rings. The Morgan fingerprint density at radius 2 is 2.25 bits per heavy atom. The van der Waals surface area contributed by atoms with Crippen LogP contribution in [0.2, 0.25) is 0 Å². The van der Waals surface area contributed by atoms with Crippen LogP contribution in [0.5, 0.6) is 0 Å². The van der Waals surface area contributed by atoms with Crippen LogP contribution >= 0.6 is 0 Å². The maximum Gasteiger partial charge on any atom is 0.200 e. The van der Waals surface area contributed by atoms with Crippen molar-refractivity contribution in [3.05, 3.63) is 24.2 Å². The molecule has 1 atom stereocenters. The van der Waals surface area contributed by atoms with Gasteiger partial charge in [0.25, 0.3) is 0 Å². The molecular formula is C10H15N5O. The van der Waals surface area contributed by atoms with E-state index in [0.717, 1.165) is 5.76 Å². The molecule has 1 aliphatic heterocycles. The van der Waals surface area contributed by atoms with Gasteiger partial charge in [-0.05, 0) is 19.1 Å². The number of nitrogens with zero attached hydrogens (tertiary/aromatic N) is 2. The summed E-state index contributed by atoms with van der Waals surface area (Å²) in [5, 5.41) is 9.13. The molecule has 0 aliphatic carbocycles. The van der Waals surface area contributed by atoms with E-state index in [2.05, 4.69) is 25.9 Å². The normalized spacial score (nSPS) is 19.5. The summed E-state index contributed by atoms with van der Waals surface area (Å²) in [5.41, 5.74) is 0. The lowest BCUT2D eigenvalue weighted by Crippen LogP contribution is -2.48. The molecule has 0 bridgehead atoms. The molecule has 0 aromatic carbocycles. The summed E-state index contributed by atoms with van der Waals surface area (Å²) in [4.78, 5) is 8.54. The van der Waals surface area contributed by atoms with E-state index >= 15 is 0 Å². The Bertz CT molecular complexity index is 395. The van der Waals surface area contributed by atoms with Gasteiger partial charge in [0, 0.05) is 7.05 Å². The first-order valence-corrected chi connectivity index (χ1v) is 5.14. The third-order valence-electron chi connectivity index (χ3n) is 2.12. The number of guanidine groups is 2. The molecule has 1 unspecified atom stereocenters. The van der Waals surface area contributed by atoms with Crippen LogP contribution in [0.4, 0.5) is 0 Å². The van der Waals surface area contributed by atoms with Gasteiger partial charge < -0.3 is 15.1 Å². The minimum Gasteiger partial charge on any atom is -0.467 e. The number of hydrogen-bond donors (Lipinski definition) is 3. The van der Waals surface area contributed by atoms with Crippen LogP contribution in [0.15, 0.2) is 32.8 Å². The van der Waals surface area contributed by atoms with E-state index < -0.39 is 0 Å². The highest BCUT2D eigenvalue weighted by atomic mass is 16.3. The van der Waals surface area contributed by atoms with Crippen molar-refractivity contribution < 1.29 is 4.42 Å². The largest absolute Gasteiger partial charge is 0.467 e. The van der Waals surface area contributed by atoms with Crippen molar-refractivity contribution in [1.82, 2.24) is 16.0 Å². The number of aliphatic imine (C=N–C) groups is 2. The molecule has 1 aliphatic rings. The van der Waals surface area contributed by atoms with Crippen LogP contribution in [0.1, 0.15) is 12.7 Å². The van der Waals surface area contributed by atoms with Gasteiger partial charge in [0.1, 0.15) is 11.9 Å². The zero-order valence-electron chi connectivity index (χ0n) is 9.32. The third kappa shape index (κ3) is 2.53. The molecule has 0 radical (unpaired) electrons. The monoisotopic (exact) mass is 221 g/mol. The predicted octanol–water partition coefficient (Wildman–Crippen LogP) is 0.250. The van der Waals surface area contributed by atoms with Crippen molar-refractivity contribution in [3.8, 4) is 0 Å². The smallest absolute Gasteiger partial charge is 0.200 e. The van der Waals surface area contributed by atoms with Crippen molar-refractivity contribution in [2.45, 2.75) is 19.6 Å². The molecule has 2 rings (SSSR count). The van der Waals surface area contributed by atoms with Gasteiger partial charge >= 0.3 is 0 Å². The second-order valence-electron chi connectivity index (χ2n) is 3.40. The van der Waals surface area contributed by atoms with Gasteiger partial charge in [-0.2, -0.15) is 0 Å². The summed E-state index contributed by atoms with van der Waals surface area (Å²) in [6.45, 7) is 2.52. The summed E-state index contributed by atoms with van der Waals surface area (Å²) >= 11 is 0. The number of rotatable bonds is 2. The van der Waals surface area contributed by atoms with Crippen LogP contribution in [0.25, 0.3) is 0 Å². The number of hydrogen-bond acceptors (Lipinski definition) is 6. The predicted molar refractivity (Wildman–Crippen MR) is 62.1 cm³/mol. The molecule has 0 amide bonds. The second-order valence-corrected chi connectivity index (χ2v) is 3.40. The van der Waals surface area contributed by atoms with Crippen LogP contribution < -0.4 is 16.0 Å². The van der Waals surface area contributed by atoms with Crippen molar-refractivity contribution in [2.24, 2.45) is 9.98 Å². The van der Waals surface area contributed by atoms with Crippen molar-refractivity contribution in [2.75, 3.05) is 7.05 Å². The highest BCUT2D eigenvalue weighted by Crippen LogP contribution is 2.00. The SMILES string of the molecule is CNC1=NC(C)N=C(NCc2ccco2)N1. The minimum absolute atomic E-state index is 0.0807. The van der Waals surface area contributed by atoms with Crippen LogP contribution in [0, 0.1) is 0 Å². The molecule has 0 saturated heterocycles. The lowest BCUT2D eigenvalue weighted by Gasteiger charge is -2.19. The van der Waals surface area contributed by atoms with Gasteiger partial charge in [-0.15, -0.1) is 0 Å². The van der Waals surface area contributed by atoms with E-state index in [4.69, 9.17) is 4.42 Å². The van der Waals surface area contributed by atoms with Gasteiger partial charge in [-0.1, -0.05) is 0 Å². The van der Waals surface area contributed by atoms with E-state index in [1.807, 2.05) is 26.1 Å². The van der Waals surface area contributed by atoms with E-state index in [0.29, 0.717) is 18.5 Å². The summed E-state index contributed by atoms with van der Waals surface area (Å²) in [6.07, 6.45) is 1.57. The average Bonchev–Trinajstić information content (AvgIpc) is 2.78. The minimum atomic E-state index is -0.0807. The lowest BCUT2D eigenvalue weighted by atomic mass is 10.4.